The summed E-state index contributed by atoms with van der Waals surface area (Å²) in [4.78, 5) is 14.5. The molecule has 1 aliphatic rings. The van der Waals surface area contributed by atoms with E-state index in [0.29, 0.717) is 17.8 Å². The summed E-state index contributed by atoms with van der Waals surface area (Å²) in [5, 5.41) is 0. The molecule has 2 atom stereocenters. The Balaban J connectivity index is 1.54. The highest BCUT2D eigenvalue weighted by molar-refractivity contribution is 5.78. The van der Waals surface area contributed by atoms with Gasteiger partial charge in [-0.15, -0.1) is 0 Å². The first-order chi connectivity index (χ1) is 12.5. The average molecular weight is 353 g/mol. The predicted molar refractivity (Wildman–Crippen MR) is 103 cm³/mol. The number of ether oxygens (including phenoxy) is 2. The molecule has 1 amide bonds. The second kappa shape index (κ2) is 8.26. The van der Waals surface area contributed by atoms with Crippen LogP contribution in [0.4, 0.5) is 0 Å². The van der Waals surface area contributed by atoms with Crippen LogP contribution in [0.25, 0.3) is 0 Å². The number of carbonyl (C=O) groups is 1. The van der Waals surface area contributed by atoms with Crippen LogP contribution in [-0.4, -0.2) is 29.5 Å². The lowest BCUT2D eigenvalue weighted by atomic mass is 9.97. The van der Waals surface area contributed by atoms with Crippen LogP contribution in [0.15, 0.2) is 48.5 Å². The summed E-state index contributed by atoms with van der Waals surface area (Å²) >= 11 is 0. The van der Waals surface area contributed by atoms with Crippen LogP contribution in [0.1, 0.15) is 38.7 Å². The predicted octanol–water partition coefficient (Wildman–Crippen LogP) is 4.96. The van der Waals surface area contributed by atoms with Gasteiger partial charge in [-0.3, -0.25) is 4.79 Å². The molecule has 1 aliphatic heterocycles. The molecule has 4 nitrogen and oxygen atoms in total. The number of hydrogen-bond acceptors (Lipinski definition) is 3. The van der Waals surface area contributed by atoms with Crippen molar-refractivity contribution in [1.29, 1.82) is 0 Å². The van der Waals surface area contributed by atoms with Gasteiger partial charge in [0.1, 0.15) is 17.2 Å². The number of carbonyl (C=O) groups excluding carboxylic acids is 1. The Morgan fingerprint density at radius 2 is 1.42 bits per heavy atom. The van der Waals surface area contributed by atoms with Gasteiger partial charge in [-0.25, -0.2) is 0 Å². The normalized spacial score (nSPS) is 19.9. The van der Waals surface area contributed by atoms with Gasteiger partial charge in [0.05, 0.1) is 0 Å². The monoisotopic (exact) mass is 353 g/mol. The van der Waals surface area contributed by atoms with E-state index in [1.165, 1.54) is 12.0 Å². The number of nitrogens with zero attached hydrogens (tertiary/aromatic N) is 1. The molecule has 2 unspecified atom stereocenters. The highest BCUT2D eigenvalue weighted by Gasteiger charge is 2.28. The van der Waals surface area contributed by atoms with Gasteiger partial charge in [0, 0.05) is 12.1 Å². The fourth-order valence-corrected chi connectivity index (χ4v) is 3.48. The molecule has 3 rings (SSSR count). The molecule has 1 fully saturated rings. The molecule has 0 saturated carbocycles. The van der Waals surface area contributed by atoms with Crippen molar-refractivity contribution >= 4 is 5.91 Å². The van der Waals surface area contributed by atoms with Gasteiger partial charge in [-0.1, -0.05) is 17.7 Å². The Labute approximate surface area is 155 Å². The quantitative estimate of drug-likeness (QED) is 0.763. The van der Waals surface area contributed by atoms with Crippen molar-refractivity contribution < 1.29 is 14.3 Å². The summed E-state index contributed by atoms with van der Waals surface area (Å²) < 4.78 is 11.5. The van der Waals surface area contributed by atoms with Crippen molar-refractivity contribution in [1.82, 2.24) is 4.90 Å². The van der Waals surface area contributed by atoms with Gasteiger partial charge >= 0.3 is 0 Å². The standard InChI is InChI=1S/C22H27NO3/c1-16-7-9-20(10-8-16)26-21-13-11-19(12-14-21)25-15-22(24)23-17(2)5-4-6-18(23)3/h7-14,17-18H,4-6,15H2,1-3H3. The van der Waals surface area contributed by atoms with Crippen molar-refractivity contribution in [3.63, 3.8) is 0 Å². The minimum atomic E-state index is 0.0599. The van der Waals surface area contributed by atoms with E-state index in [-0.39, 0.29) is 12.5 Å². The number of hydrogen-bond donors (Lipinski definition) is 0. The van der Waals surface area contributed by atoms with Crippen molar-refractivity contribution in [3.05, 3.63) is 54.1 Å². The SMILES string of the molecule is Cc1ccc(Oc2ccc(OCC(=O)N3C(C)CCCC3C)cc2)cc1. The van der Waals surface area contributed by atoms with Crippen LogP contribution >= 0.6 is 0 Å². The highest BCUT2D eigenvalue weighted by atomic mass is 16.5. The van der Waals surface area contributed by atoms with Crippen LogP contribution in [0.5, 0.6) is 17.2 Å². The molecule has 0 aromatic heterocycles. The van der Waals surface area contributed by atoms with Gasteiger partial charge in [-0.05, 0) is 76.4 Å². The number of likely N-dealkylation sites (tertiary alicyclic amines) is 1. The Hall–Kier alpha value is -2.49. The Morgan fingerprint density at radius 3 is 2.00 bits per heavy atom. The van der Waals surface area contributed by atoms with E-state index >= 15 is 0 Å². The fraction of sp³-hybridized carbons (Fsp3) is 0.409. The maximum absolute atomic E-state index is 12.5. The second-order valence-electron chi connectivity index (χ2n) is 7.11. The maximum atomic E-state index is 12.5. The number of rotatable bonds is 5. The molecule has 0 bridgehead atoms. The summed E-state index contributed by atoms with van der Waals surface area (Å²) in [6.07, 6.45) is 3.33. The minimum absolute atomic E-state index is 0.0599. The Morgan fingerprint density at radius 1 is 0.923 bits per heavy atom. The van der Waals surface area contributed by atoms with E-state index in [4.69, 9.17) is 9.47 Å². The number of amides is 1. The van der Waals surface area contributed by atoms with Gasteiger partial charge in [0.2, 0.25) is 0 Å². The van der Waals surface area contributed by atoms with Crippen LogP contribution in [-0.2, 0) is 4.79 Å². The third kappa shape index (κ3) is 4.57. The van der Waals surface area contributed by atoms with Gasteiger partial charge in [0.15, 0.2) is 6.61 Å². The Bertz CT molecular complexity index is 714. The van der Waals surface area contributed by atoms with E-state index in [9.17, 15) is 4.79 Å². The van der Waals surface area contributed by atoms with Gasteiger partial charge < -0.3 is 14.4 Å². The number of benzene rings is 2. The van der Waals surface area contributed by atoms with Gasteiger partial charge in [0.25, 0.3) is 5.91 Å². The summed E-state index contributed by atoms with van der Waals surface area (Å²) in [6, 6.07) is 15.9. The summed E-state index contributed by atoms with van der Waals surface area (Å²) in [6.45, 7) is 6.35. The molecule has 138 valence electrons. The topological polar surface area (TPSA) is 38.8 Å². The van der Waals surface area contributed by atoms with E-state index in [1.807, 2.05) is 60.4 Å². The lowest BCUT2D eigenvalue weighted by Gasteiger charge is -2.38. The molecule has 0 N–H and O–H groups in total. The van der Waals surface area contributed by atoms with E-state index in [1.54, 1.807) is 0 Å². The zero-order valence-corrected chi connectivity index (χ0v) is 15.8. The second-order valence-corrected chi connectivity index (χ2v) is 7.11. The minimum Gasteiger partial charge on any atom is -0.484 e. The van der Waals surface area contributed by atoms with E-state index < -0.39 is 0 Å². The third-order valence-corrected chi connectivity index (χ3v) is 4.92. The molecular weight excluding hydrogens is 326 g/mol. The van der Waals surface area contributed by atoms with Crippen molar-refractivity contribution in [3.8, 4) is 17.2 Å². The van der Waals surface area contributed by atoms with E-state index in [0.717, 1.165) is 24.3 Å². The van der Waals surface area contributed by atoms with Crippen molar-refractivity contribution in [2.75, 3.05) is 6.61 Å². The fourth-order valence-electron chi connectivity index (χ4n) is 3.48. The number of aryl methyl sites for hydroxylation is 1. The molecular formula is C22H27NO3. The highest BCUT2D eigenvalue weighted by Crippen LogP contribution is 2.25. The van der Waals surface area contributed by atoms with Gasteiger partial charge in [-0.2, -0.15) is 0 Å². The molecule has 1 saturated heterocycles. The van der Waals surface area contributed by atoms with Crippen molar-refractivity contribution in [2.45, 2.75) is 52.1 Å². The van der Waals surface area contributed by atoms with Crippen LogP contribution in [0.2, 0.25) is 0 Å². The van der Waals surface area contributed by atoms with Crippen LogP contribution in [0, 0.1) is 6.92 Å². The first-order valence-electron chi connectivity index (χ1n) is 9.31. The zero-order valence-electron chi connectivity index (χ0n) is 15.8. The zero-order chi connectivity index (χ0) is 18.5. The first kappa shape index (κ1) is 18.3. The summed E-state index contributed by atoms with van der Waals surface area (Å²) in [5.41, 5.74) is 1.20. The lowest BCUT2D eigenvalue weighted by molar-refractivity contribution is -0.139. The summed E-state index contributed by atoms with van der Waals surface area (Å²) in [7, 11) is 0. The number of piperidine rings is 1. The Kier molecular flexibility index (Phi) is 5.82. The molecule has 2 aromatic carbocycles. The van der Waals surface area contributed by atoms with Crippen LogP contribution in [0.3, 0.4) is 0 Å². The maximum Gasteiger partial charge on any atom is 0.260 e. The first-order valence-corrected chi connectivity index (χ1v) is 9.31. The van der Waals surface area contributed by atoms with Crippen molar-refractivity contribution in [2.24, 2.45) is 0 Å². The largest absolute Gasteiger partial charge is 0.484 e. The van der Waals surface area contributed by atoms with E-state index in [2.05, 4.69) is 13.8 Å². The summed E-state index contributed by atoms with van der Waals surface area (Å²) in [5.74, 6) is 2.27. The molecule has 0 aliphatic carbocycles. The smallest absolute Gasteiger partial charge is 0.260 e. The molecule has 4 heteroatoms. The molecule has 26 heavy (non-hydrogen) atoms. The van der Waals surface area contributed by atoms with Crippen LogP contribution < -0.4 is 9.47 Å². The third-order valence-electron chi connectivity index (χ3n) is 4.92. The molecule has 1 heterocycles. The average Bonchev–Trinajstić information content (AvgIpc) is 2.63. The molecule has 0 radical (unpaired) electrons. The molecule has 0 spiro atoms. The molecule has 2 aromatic rings. The lowest BCUT2D eigenvalue weighted by Crippen LogP contribution is -2.49.